The van der Waals surface area contributed by atoms with Crippen molar-refractivity contribution in [3.05, 3.63) is 26.9 Å². The lowest BCUT2D eigenvalue weighted by Crippen LogP contribution is -2.41. The van der Waals surface area contributed by atoms with E-state index in [0.29, 0.717) is 5.82 Å². The summed E-state index contributed by atoms with van der Waals surface area (Å²) < 4.78 is 0. The van der Waals surface area contributed by atoms with E-state index in [1.807, 2.05) is 4.90 Å². The summed E-state index contributed by atoms with van der Waals surface area (Å²) in [5.41, 5.74) is 4.93. The third-order valence-electron chi connectivity index (χ3n) is 2.63. The molecule has 0 unspecified atom stereocenters. The average Bonchev–Trinajstić information content (AvgIpc) is 2.17. The van der Waals surface area contributed by atoms with Gasteiger partial charge in [0.25, 0.3) is 5.56 Å². The molecule has 0 aliphatic carbocycles. The van der Waals surface area contributed by atoms with E-state index in [0.717, 1.165) is 25.9 Å². The van der Waals surface area contributed by atoms with E-state index < -0.39 is 5.69 Å². The van der Waals surface area contributed by atoms with E-state index >= 15 is 0 Å². The normalized spacial score (nSPS) is 18.1. The molecule has 82 valence electrons. The molecule has 0 amide bonds. The molecule has 0 atom stereocenters. The van der Waals surface area contributed by atoms with Crippen molar-refractivity contribution in [3.63, 3.8) is 0 Å². The minimum atomic E-state index is -0.465. The number of aromatic amines is 2. The molecule has 0 spiro atoms. The zero-order valence-corrected chi connectivity index (χ0v) is 8.32. The maximum atomic E-state index is 11.1. The molecule has 6 nitrogen and oxygen atoms in total. The Kier molecular flexibility index (Phi) is 2.59. The van der Waals surface area contributed by atoms with Crippen LogP contribution in [-0.2, 0) is 0 Å². The van der Waals surface area contributed by atoms with Gasteiger partial charge in [0.1, 0.15) is 5.82 Å². The maximum Gasteiger partial charge on any atom is 0.327 e. The summed E-state index contributed by atoms with van der Waals surface area (Å²) in [6.45, 7) is 1.56. The van der Waals surface area contributed by atoms with Crippen LogP contribution >= 0.6 is 0 Å². The Morgan fingerprint density at radius 1 is 1.27 bits per heavy atom. The van der Waals surface area contributed by atoms with Crippen LogP contribution in [-0.4, -0.2) is 29.1 Å². The smallest absolute Gasteiger partial charge is 0.327 e. The first-order valence-electron chi connectivity index (χ1n) is 4.99. The van der Waals surface area contributed by atoms with Crippen molar-refractivity contribution in [1.82, 2.24) is 9.97 Å². The van der Waals surface area contributed by atoms with Crippen molar-refractivity contribution in [2.24, 2.45) is 5.73 Å². The van der Waals surface area contributed by atoms with Crippen LogP contribution in [0.5, 0.6) is 0 Å². The molecule has 15 heavy (non-hydrogen) atoms. The lowest BCUT2D eigenvalue weighted by Gasteiger charge is -2.31. The molecule has 1 fully saturated rings. The van der Waals surface area contributed by atoms with Crippen molar-refractivity contribution in [3.8, 4) is 0 Å². The molecule has 0 aromatic carbocycles. The lowest BCUT2D eigenvalue weighted by molar-refractivity contribution is 0.498. The molecule has 1 aliphatic rings. The van der Waals surface area contributed by atoms with Gasteiger partial charge >= 0.3 is 5.69 Å². The van der Waals surface area contributed by atoms with Crippen molar-refractivity contribution in [1.29, 1.82) is 0 Å². The summed E-state index contributed by atoms with van der Waals surface area (Å²) in [5.74, 6) is 0.579. The third kappa shape index (κ3) is 2.27. The molecule has 1 aliphatic heterocycles. The van der Waals surface area contributed by atoms with Crippen LogP contribution in [0, 0.1) is 0 Å². The number of aromatic nitrogens is 2. The highest BCUT2D eigenvalue weighted by Crippen LogP contribution is 2.13. The number of nitrogens with zero attached hydrogens (tertiary/aromatic N) is 1. The molecule has 2 heterocycles. The molecular formula is C9H14N4O2. The SMILES string of the molecule is NC1CCN(c2cc(=O)[nH]c(=O)[nH]2)CC1. The van der Waals surface area contributed by atoms with E-state index in [4.69, 9.17) is 5.73 Å². The number of nitrogens with two attached hydrogens (primary N) is 1. The van der Waals surface area contributed by atoms with Crippen LogP contribution < -0.4 is 21.9 Å². The van der Waals surface area contributed by atoms with Crippen molar-refractivity contribution in [2.75, 3.05) is 18.0 Å². The van der Waals surface area contributed by atoms with E-state index in [2.05, 4.69) is 9.97 Å². The number of H-pyrrole nitrogens is 2. The fraction of sp³-hybridized carbons (Fsp3) is 0.556. The Labute approximate surface area is 86.1 Å². The van der Waals surface area contributed by atoms with E-state index in [1.165, 1.54) is 6.07 Å². The summed E-state index contributed by atoms with van der Waals surface area (Å²) >= 11 is 0. The predicted molar refractivity (Wildman–Crippen MR) is 57.1 cm³/mol. The molecule has 0 bridgehead atoms. The predicted octanol–water partition coefficient (Wildman–Crippen LogP) is -1.01. The Morgan fingerprint density at radius 3 is 2.53 bits per heavy atom. The second-order valence-electron chi connectivity index (χ2n) is 3.80. The van der Waals surface area contributed by atoms with Crippen LogP contribution in [0.25, 0.3) is 0 Å². The molecule has 0 saturated carbocycles. The zero-order valence-electron chi connectivity index (χ0n) is 8.32. The van der Waals surface area contributed by atoms with Gasteiger partial charge in [-0.1, -0.05) is 0 Å². The Bertz CT molecular complexity index is 414. The van der Waals surface area contributed by atoms with Gasteiger partial charge in [-0.3, -0.25) is 14.8 Å². The van der Waals surface area contributed by atoms with Gasteiger partial charge in [-0.05, 0) is 12.8 Å². The average molecular weight is 210 g/mol. The second-order valence-corrected chi connectivity index (χ2v) is 3.80. The number of anilines is 1. The van der Waals surface area contributed by atoms with Gasteiger partial charge in [0.15, 0.2) is 0 Å². The van der Waals surface area contributed by atoms with Gasteiger partial charge in [0, 0.05) is 25.2 Å². The maximum absolute atomic E-state index is 11.1. The van der Waals surface area contributed by atoms with Gasteiger partial charge in [0.05, 0.1) is 0 Å². The number of rotatable bonds is 1. The van der Waals surface area contributed by atoms with E-state index in [9.17, 15) is 9.59 Å². The van der Waals surface area contributed by atoms with Gasteiger partial charge in [0.2, 0.25) is 0 Å². The Morgan fingerprint density at radius 2 is 1.93 bits per heavy atom. The third-order valence-corrected chi connectivity index (χ3v) is 2.63. The summed E-state index contributed by atoms with van der Waals surface area (Å²) in [7, 11) is 0. The Balaban J connectivity index is 2.22. The molecule has 4 N–H and O–H groups in total. The number of piperidine rings is 1. The van der Waals surface area contributed by atoms with Crippen LogP contribution in [0.15, 0.2) is 15.7 Å². The molecular weight excluding hydrogens is 196 g/mol. The van der Waals surface area contributed by atoms with Crippen LogP contribution in [0.4, 0.5) is 5.82 Å². The number of nitrogens with one attached hydrogen (secondary N) is 2. The topological polar surface area (TPSA) is 95.0 Å². The molecule has 0 radical (unpaired) electrons. The number of hydrogen-bond acceptors (Lipinski definition) is 4. The van der Waals surface area contributed by atoms with Crippen molar-refractivity contribution < 1.29 is 0 Å². The van der Waals surface area contributed by atoms with E-state index in [-0.39, 0.29) is 11.6 Å². The first kappa shape index (κ1) is 9.97. The molecule has 6 heteroatoms. The van der Waals surface area contributed by atoms with Gasteiger partial charge in [-0.15, -0.1) is 0 Å². The van der Waals surface area contributed by atoms with Crippen molar-refractivity contribution in [2.45, 2.75) is 18.9 Å². The Hall–Kier alpha value is -1.56. The first-order chi connectivity index (χ1) is 7.15. The highest BCUT2D eigenvalue weighted by Gasteiger charge is 2.17. The largest absolute Gasteiger partial charge is 0.358 e. The molecule has 1 aromatic rings. The van der Waals surface area contributed by atoms with Crippen LogP contribution in [0.3, 0.4) is 0 Å². The highest BCUT2D eigenvalue weighted by molar-refractivity contribution is 5.36. The van der Waals surface area contributed by atoms with Crippen LogP contribution in [0.2, 0.25) is 0 Å². The second kappa shape index (κ2) is 3.90. The quantitative estimate of drug-likeness (QED) is 0.553. The number of hydrogen-bond donors (Lipinski definition) is 3. The molecule has 1 saturated heterocycles. The van der Waals surface area contributed by atoms with Gasteiger partial charge < -0.3 is 10.6 Å². The summed E-state index contributed by atoms with van der Waals surface area (Å²) in [4.78, 5) is 28.9. The summed E-state index contributed by atoms with van der Waals surface area (Å²) in [5, 5.41) is 0. The summed E-state index contributed by atoms with van der Waals surface area (Å²) in [6.07, 6.45) is 1.77. The highest BCUT2D eigenvalue weighted by atomic mass is 16.2. The monoisotopic (exact) mass is 210 g/mol. The lowest BCUT2D eigenvalue weighted by atomic mass is 10.1. The van der Waals surface area contributed by atoms with Gasteiger partial charge in [-0.25, -0.2) is 4.79 Å². The van der Waals surface area contributed by atoms with Gasteiger partial charge in [-0.2, -0.15) is 0 Å². The molecule has 1 aromatic heterocycles. The first-order valence-corrected chi connectivity index (χ1v) is 4.99. The standard InChI is InChI=1S/C9H14N4O2/c10-6-1-3-13(4-2-6)7-5-8(14)12-9(15)11-7/h5-6H,1-4,10H2,(H2,11,12,14,15). The fourth-order valence-electron chi connectivity index (χ4n) is 1.77. The van der Waals surface area contributed by atoms with E-state index in [1.54, 1.807) is 0 Å². The molecule has 2 rings (SSSR count). The van der Waals surface area contributed by atoms with Crippen molar-refractivity contribution >= 4 is 5.82 Å². The summed E-state index contributed by atoms with van der Waals surface area (Å²) in [6, 6.07) is 1.63. The van der Waals surface area contributed by atoms with Crippen LogP contribution in [0.1, 0.15) is 12.8 Å². The minimum Gasteiger partial charge on any atom is -0.358 e. The zero-order chi connectivity index (χ0) is 10.8. The fourth-order valence-corrected chi connectivity index (χ4v) is 1.77. The minimum absolute atomic E-state index is 0.231.